The maximum absolute atomic E-state index is 12.9. The molecule has 1 atom stereocenters. The monoisotopic (exact) mass is 373 g/mol. The molecule has 25 heavy (non-hydrogen) atoms. The van der Waals surface area contributed by atoms with Crippen molar-refractivity contribution in [1.82, 2.24) is 5.32 Å². The summed E-state index contributed by atoms with van der Waals surface area (Å²) in [4.78, 5) is 23.0. The van der Waals surface area contributed by atoms with E-state index >= 15 is 0 Å². The van der Waals surface area contributed by atoms with E-state index in [0.717, 1.165) is 16.7 Å². The van der Waals surface area contributed by atoms with Gasteiger partial charge in [-0.05, 0) is 16.5 Å². The Hall–Kier alpha value is -2.55. The molecule has 0 radical (unpaired) electrons. The van der Waals surface area contributed by atoms with E-state index in [1.54, 1.807) is 30.3 Å². The number of carbonyl (C=O) groups excluding carboxylic acids is 1. The average Bonchev–Trinajstić information content (AvgIpc) is 3.02. The quantitative estimate of drug-likeness (QED) is 0.810. The zero-order chi connectivity index (χ0) is 18.4. The van der Waals surface area contributed by atoms with Crippen LogP contribution in [-0.2, 0) is 28.7 Å². The maximum atomic E-state index is 12.9. The van der Waals surface area contributed by atoms with E-state index in [9.17, 15) is 22.8 Å². The van der Waals surface area contributed by atoms with Crippen LogP contribution in [0, 0.1) is 0 Å². The molecule has 2 aromatic rings. The molecule has 134 valence electrons. The molecule has 0 aliphatic rings. The molecule has 1 aromatic carbocycles. The summed E-state index contributed by atoms with van der Waals surface area (Å²) in [5.74, 6) is -1.45. The highest BCUT2D eigenvalue weighted by atomic mass is 32.1. The highest BCUT2D eigenvalue weighted by Crippen LogP contribution is 2.34. The molecule has 1 unspecified atom stereocenters. The maximum Gasteiger partial charge on any atom is 0.417 e. The van der Waals surface area contributed by atoms with Crippen LogP contribution in [0.4, 0.5) is 18.0 Å². The molecule has 0 saturated heterocycles. The smallest absolute Gasteiger partial charge is 0.417 e. The number of hydrogen-bond acceptors (Lipinski definition) is 4. The van der Waals surface area contributed by atoms with Crippen molar-refractivity contribution in [2.75, 3.05) is 0 Å². The van der Waals surface area contributed by atoms with Gasteiger partial charge in [-0.3, -0.25) is 0 Å². The molecule has 0 aliphatic heterocycles. The zero-order valence-electron chi connectivity index (χ0n) is 12.7. The number of ether oxygens (including phenoxy) is 1. The molecular weight excluding hydrogens is 359 g/mol. The summed E-state index contributed by atoms with van der Waals surface area (Å²) >= 11 is 0.816. The highest BCUT2D eigenvalue weighted by molar-refractivity contribution is 7.08. The second-order valence-corrected chi connectivity index (χ2v) is 5.85. The van der Waals surface area contributed by atoms with E-state index in [-0.39, 0.29) is 12.2 Å². The van der Waals surface area contributed by atoms with Crippen LogP contribution in [0.1, 0.15) is 16.7 Å². The lowest BCUT2D eigenvalue weighted by Crippen LogP contribution is -2.42. The summed E-state index contributed by atoms with van der Waals surface area (Å²) in [7, 11) is 0. The Bertz CT molecular complexity index is 730. The van der Waals surface area contributed by atoms with Crippen molar-refractivity contribution in [1.29, 1.82) is 0 Å². The molecule has 1 aromatic heterocycles. The van der Waals surface area contributed by atoms with Crippen LogP contribution in [0.2, 0.25) is 0 Å². The van der Waals surface area contributed by atoms with Crippen LogP contribution in [0.15, 0.2) is 41.1 Å². The standard InChI is InChI=1S/C16H14F3NO4S/c17-16(18,19)12-9-25-8-11(12)6-13(14(21)22)20-15(23)24-7-10-4-2-1-3-5-10/h1-5,8-9,13H,6-7H2,(H,20,23)(H,21,22). The first-order valence-corrected chi connectivity index (χ1v) is 8.04. The number of nitrogens with one attached hydrogen (secondary N) is 1. The molecule has 1 heterocycles. The van der Waals surface area contributed by atoms with E-state index in [0.29, 0.717) is 5.56 Å². The van der Waals surface area contributed by atoms with Gasteiger partial charge in [-0.2, -0.15) is 24.5 Å². The number of amides is 1. The molecule has 0 fully saturated rings. The number of thiophene rings is 1. The highest BCUT2D eigenvalue weighted by Gasteiger charge is 2.35. The second-order valence-electron chi connectivity index (χ2n) is 5.11. The molecule has 2 rings (SSSR count). The summed E-state index contributed by atoms with van der Waals surface area (Å²) in [5.41, 5.74) is -0.391. The molecule has 0 aliphatic carbocycles. The fourth-order valence-corrected chi connectivity index (χ4v) is 2.93. The fraction of sp³-hybridized carbons (Fsp3) is 0.250. The Morgan fingerprint density at radius 2 is 1.88 bits per heavy atom. The van der Waals surface area contributed by atoms with Gasteiger partial charge in [0.2, 0.25) is 0 Å². The predicted octanol–water partition coefficient (Wildman–Crippen LogP) is 3.69. The first kappa shape index (κ1) is 18.8. The largest absolute Gasteiger partial charge is 0.480 e. The van der Waals surface area contributed by atoms with Gasteiger partial charge in [-0.25, -0.2) is 9.59 Å². The fourth-order valence-electron chi connectivity index (χ4n) is 2.06. The molecule has 9 heteroatoms. The van der Waals surface area contributed by atoms with Crippen LogP contribution in [0.25, 0.3) is 0 Å². The van der Waals surface area contributed by atoms with Crippen molar-refractivity contribution in [3.05, 3.63) is 57.8 Å². The number of halogens is 3. The minimum absolute atomic E-state index is 0.0781. The molecule has 0 saturated carbocycles. The third-order valence-corrected chi connectivity index (χ3v) is 4.07. The summed E-state index contributed by atoms with van der Waals surface area (Å²) in [5, 5.41) is 13.4. The Kier molecular flexibility index (Phi) is 6.02. The molecule has 5 nitrogen and oxygen atoms in total. The SMILES string of the molecule is O=C(NC(Cc1cscc1C(F)(F)F)C(=O)O)OCc1ccccc1. The van der Waals surface area contributed by atoms with Crippen LogP contribution in [0.5, 0.6) is 0 Å². The lowest BCUT2D eigenvalue weighted by atomic mass is 10.0. The van der Waals surface area contributed by atoms with Gasteiger partial charge in [0.05, 0.1) is 5.56 Å². The van der Waals surface area contributed by atoms with Crippen LogP contribution < -0.4 is 5.32 Å². The van der Waals surface area contributed by atoms with Gasteiger partial charge in [0.25, 0.3) is 0 Å². The molecule has 1 amide bonds. The predicted molar refractivity (Wildman–Crippen MR) is 84.2 cm³/mol. The second kappa shape index (κ2) is 8.02. The van der Waals surface area contributed by atoms with Crippen molar-refractivity contribution in [2.24, 2.45) is 0 Å². The van der Waals surface area contributed by atoms with Crippen LogP contribution >= 0.6 is 11.3 Å². The van der Waals surface area contributed by atoms with E-state index in [1.165, 1.54) is 5.38 Å². The van der Waals surface area contributed by atoms with Crippen molar-refractivity contribution in [2.45, 2.75) is 25.2 Å². The normalized spacial score (nSPS) is 12.4. The summed E-state index contributed by atoms with van der Waals surface area (Å²) in [6.45, 7) is -0.0781. The number of hydrogen-bond donors (Lipinski definition) is 2. The Balaban J connectivity index is 1.98. The first-order chi connectivity index (χ1) is 11.8. The van der Waals surface area contributed by atoms with E-state index in [1.807, 2.05) is 0 Å². The van der Waals surface area contributed by atoms with Crippen LogP contribution in [-0.4, -0.2) is 23.2 Å². The summed E-state index contributed by atoms with van der Waals surface area (Å²) < 4.78 is 43.4. The number of alkyl halides is 3. The van der Waals surface area contributed by atoms with Crippen molar-refractivity contribution < 1.29 is 32.6 Å². The number of rotatable bonds is 6. The number of alkyl carbamates (subject to hydrolysis) is 1. The average molecular weight is 373 g/mol. The van der Waals surface area contributed by atoms with Crippen molar-refractivity contribution in [3.8, 4) is 0 Å². The molecular formula is C16H14F3NO4S. The third-order valence-electron chi connectivity index (χ3n) is 3.27. The first-order valence-electron chi connectivity index (χ1n) is 7.09. The lowest BCUT2D eigenvalue weighted by Gasteiger charge is -2.16. The Labute approximate surface area is 145 Å². The van der Waals surface area contributed by atoms with Gasteiger partial charge < -0.3 is 15.2 Å². The number of benzene rings is 1. The minimum Gasteiger partial charge on any atom is -0.480 e. The van der Waals surface area contributed by atoms with Gasteiger partial charge in [0, 0.05) is 11.8 Å². The van der Waals surface area contributed by atoms with Gasteiger partial charge in [0.1, 0.15) is 12.6 Å². The zero-order valence-corrected chi connectivity index (χ0v) is 13.6. The molecule has 2 N–H and O–H groups in total. The van der Waals surface area contributed by atoms with Gasteiger partial charge in [-0.15, -0.1) is 0 Å². The summed E-state index contributed by atoms with van der Waals surface area (Å²) in [6.07, 6.45) is -6.08. The number of carboxylic acids is 1. The third kappa shape index (κ3) is 5.49. The van der Waals surface area contributed by atoms with Gasteiger partial charge in [-0.1, -0.05) is 30.3 Å². The van der Waals surface area contributed by atoms with Crippen molar-refractivity contribution in [3.63, 3.8) is 0 Å². The summed E-state index contributed by atoms with van der Waals surface area (Å²) in [6, 6.07) is 7.16. The van der Waals surface area contributed by atoms with Gasteiger partial charge in [0.15, 0.2) is 0 Å². The van der Waals surface area contributed by atoms with E-state index in [2.05, 4.69) is 5.32 Å². The number of carboxylic acid groups (broad SMARTS) is 1. The Morgan fingerprint density at radius 3 is 2.48 bits per heavy atom. The lowest BCUT2D eigenvalue weighted by molar-refractivity contribution is -0.141. The Morgan fingerprint density at radius 1 is 1.20 bits per heavy atom. The molecule has 0 spiro atoms. The van der Waals surface area contributed by atoms with E-state index < -0.39 is 36.3 Å². The van der Waals surface area contributed by atoms with Crippen molar-refractivity contribution >= 4 is 23.4 Å². The van der Waals surface area contributed by atoms with E-state index in [4.69, 9.17) is 9.84 Å². The number of carbonyl (C=O) groups is 2. The van der Waals surface area contributed by atoms with Gasteiger partial charge >= 0.3 is 18.2 Å². The minimum atomic E-state index is -4.58. The van der Waals surface area contributed by atoms with Crippen LogP contribution in [0.3, 0.4) is 0 Å². The molecule has 0 bridgehead atoms. The number of aliphatic carboxylic acids is 1. The topological polar surface area (TPSA) is 75.6 Å².